The molecule has 8 nitrogen and oxygen atoms in total. The predicted octanol–water partition coefficient (Wildman–Crippen LogP) is 1.84. The Hall–Kier alpha value is -3.03. The minimum atomic E-state index is -0.259. The molecular weight excluding hydrogens is 350 g/mol. The molecule has 0 radical (unpaired) electrons. The van der Waals surface area contributed by atoms with E-state index in [0.29, 0.717) is 23.7 Å². The number of rotatable bonds is 7. The summed E-state index contributed by atoms with van der Waals surface area (Å²) in [5.41, 5.74) is 0.270. The Balaban J connectivity index is 1.41. The lowest BCUT2D eigenvalue weighted by atomic mass is 10.2. The van der Waals surface area contributed by atoms with E-state index in [1.807, 2.05) is 0 Å². The summed E-state index contributed by atoms with van der Waals surface area (Å²) in [6.45, 7) is 1.66. The van der Waals surface area contributed by atoms with Gasteiger partial charge in [0.1, 0.15) is 17.3 Å². The number of ether oxygens (including phenoxy) is 2. The molecule has 1 heterocycles. The van der Waals surface area contributed by atoms with Crippen molar-refractivity contribution < 1.29 is 23.6 Å². The molecule has 0 spiro atoms. The molecule has 2 aromatic rings. The van der Waals surface area contributed by atoms with Gasteiger partial charge in [-0.25, -0.2) is 0 Å². The Morgan fingerprint density at radius 1 is 1.19 bits per heavy atom. The van der Waals surface area contributed by atoms with Gasteiger partial charge in [0.25, 0.3) is 11.8 Å². The fourth-order valence-corrected chi connectivity index (χ4v) is 3.09. The second kappa shape index (κ2) is 8.57. The Morgan fingerprint density at radius 3 is 2.63 bits per heavy atom. The van der Waals surface area contributed by atoms with Crippen LogP contribution in [0.5, 0.6) is 11.5 Å². The van der Waals surface area contributed by atoms with Gasteiger partial charge >= 0.3 is 0 Å². The molecule has 144 valence electrons. The second-order valence-electron chi connectivity index (χ2n) is 6.54. The third kappa shape index (κ3) is 5.22. The molecular formula is C19H23N3O5. The minimum Gasteiger partial charge on any atom is -0.497 e. The molecule has 1 saturated carbocycles. The van der Waals surface area contributed by atoms with Crippen LogP contribution >= 0.6 is 0 Å². The summed E-state index contributed by atoms with van der Waals surface area (Å²) in [4.78, 5) is 24.2. The maximum Gasteiger partial charge on any atom is 0.273 e. The van der Waals surface area contributed by atoms with Crippen LogP contribution in [0.3, 0.4) is 0 Å². The Labute approximate surface area is 157 Å². The van der Waals surface area contributed by atoms with E-state index in [-0.39, 0.29) is 36.2 Å². The number of nitrogens with zero attached hydrogens (tertiary/aromatic N) is 1. The van der Waals surface area contributed by atoms with E-state index in [9.17, 15) is 9.59 Å². The van der Waals surface area contributed by atoms with Crippen LogP contribution in [0.25, 0.3) is 0 Å². The molecule has 2 atom stereocenters. The van der Waals surface area contributed by atoms with Gasteiger partial charge in [-0.3, -0.25) is 9.59 Å². The van der Waals surface area contributed by atoms with Crippen LogP contribution in [-0.2, 0) is 4.79 Å². The first-order valence-corrected chi connectivity index (χ1v) is 8.84. The summed E-state index contributed by atoms with van der Waals surface area (Å²) in [7, 11) is 1.57. The van der Waals surface area contributed by atoms with Gasteiger partial charge < -0.3 is 24.6 Å². The van der Waals surface area contributed by atoms with E-state index in [0.717, 1.165) is 12.8 Å². The minimum absolute atomic E-state index is 0.000825. The summed E-state index contributed by atoms with van der Waals surface area (Å²) in [5.74, 6) is 1.38. The lowest BCUT2D eigenvalue weighted by Crippen LogP contribution is -2.39. The van der Waals surface area contributed by atoms with Crippen molar-refractivity contribution in [3.63, 3.8) is 0 Å². The summed E-state index contributed by atoms with van der Waals surface area (Å²) in [6, 6.07) is 8.70. The van der Waals surface area contributed by atoms with Crippen molar-refractivity contribution in [3.05, 3.63) is 41.8 Å². The highest BCUT2D eigenvalue weighted by atomic mass is 16.5. The third-order valence-electron chi connectivity index (χ3n) is 4.40. The van der Waals surface area contributed by atoms with E-state index in [1.165, 1.54) is 0 Å². The summed E-state index contributed by atoms with van der Waals surface area (Å²) in [6.07, 6.45) is 2.27. The highest BCUT2D eigenvalue weighted by Gasteiger charge is 2.28. The molecule has 27 heavy (non-hydrogen) atoms. The van der Waals surface area contributed by atoms with Gasteiger partial charge in [-0.2, -0.15) is 0 Å². The van der Waals surface area contributed by atoms with Crippen LogP contribution in [0.1, 0.15) is 35.5 Å². The lowest BCUT2D eigenvalue weighted by Gasteiger charge is -2.14. The maximum absolute atomic E-state index is 12.1. The summed E-state index contributed by atoms with van der Waals surface area (Å²) < 4.78 is 15.5. The van der Waals surface area contributed by atoms with Crippen molar-refractivity contribution in [2.24, 2.45) is 0 Å². The van der Waals surface area contributed by atoms with Crippen LogP contribution in [0, 0.1) is 6.92 Å². The molecule has 1 aliphatic carbocycles. The molecule has 2 amide bonds. The Kier molecular flexibility index (Phi) is 5.95. The average molecular weight is 373 g/mol. The monoisotopic (exact) mass is 373 g/mol. The zero-order valence-electron chi connectivity index (χ0n) is 15.4. The molecule has 3 rings (SSSR count). The standard InChI is InChI=1S/C19H23N3O5/c1-12-8-17(22-27-12)19(24)21-14-7-6-13(9-14)20-18(23)11-26-16-5-3-4-15(10-16)25-2/h3-5,8,10,13-14H,6-7,9,11H2,1-2H3,(H,20,23)(H,21,24)/t13-,14+/m1/s1. The molecule has 1 fully saturated rings. The first-order valence-electron chi connectivity index (χ1n) is 8.84. The van der Waals surface area contributed by atoms with E-state index in [4.69, 9.17) is 14.0 Å². The van der Waals surface area contributed by atoms with E-state index >= 15 is 0 Å². The quantitative estimate of drug-likeness (QED) is 0.768. The zero-order chi connectivity index (χ0) is 19.2. The Morgan fingerprint density at radius 2 is 1.93 bits per heavy atom. The number of amides is 2. The predicted molar refractivity (Wildman–Crippen MR) is 96.8 cm³/mol. The SMILES string of the molecule is COc1cccc(OCC(=O)N[C@@H]2CC[C@H](NC(=O)c3cc(C)on3)C2)c1. The van der Waals surface area contributed by atoms with Crippen molar-refractivity contribution in [2.45, 2.75) is 38.3 Å². The van der Waals surface area contributed by atoms with Crippen LogP contribution in [0.2, 0.25) is 0 Å². The third-order valence-corrected chi connectivity index (χ3v) is 4.40. The van der Waals surface area contributed by atoms with Gasteiger partial charge in [-0.1, -0.05) is 11.2 Å². The largest absolute Gasteiger partial charge is 0.497 e. The summed E-state index contributed by atoms with van der Waals surface area (Å²) >= 11 is 0. The van der Waals surface area contributed by atoms with Gasteiger partial charge in [0.15, 0.2) is 12.3 Å². The molecule has 0 bridgehead atoms. The number of carbonyl (C=O) groups is 2. The van der Waals surface area contributed by atoms with Crippen molar-refractivity contribution >= 4 is 11.8 Å². The van der Waals surface area contributed by atoms with Gasteiger partial charge in [-0.05, 0) is 38.3 Å². The second-order valence-corrected chi connectivity index (χ2v) is 6.54. The van der Waals surface area contributed by atoms with Crippen molar-refractivity contribution in [1.82, 2.24) is 15.8 Å². The van der Waals surface area contributed by atoms with Gasteiger partial charge in [0.2, 0.25) is 0 Å². The van der Waals surface area contributed by atoms with Gasteiger partial charge in [0, 0.05) is 24.2 Å². The lowest BCUT2D eigenvalue weighted by molar-refractivity contribution is -0.123. The number of benzene rings is 1. The van der Waals surface area contributed by atoms with E-state index < -0.39 is 0 Å². The first-order chi connectivity index (χ1) is 13.0. The van der Waals surface area contributed by atoms with Gasteiger partial charge in [-0.15, -0.1) is 0 Å². The van der Waals surface area contributed by atoms with E-state index in [2.05, 4.69) is 15.8 Å². The first kappa shape index (κ1) is 18.8. The fraction of sp³-hybridized carbons (Fsp3) is 0.421. The molecule has 1 aromatic carbocycles. The van der Waals surface area contributed by atoms with Crippen LogP contribution in [-0.4, -0.2) is 42.8 Å². The fourth-order valence-electron chi connectivity index (χ4n) is 3.09. The molecule has 0 unspecified atom stereocenters. The topological polar surface area (TPSA) is 103 Å². The number of nitrogens with one attached hydrogen (secondary N) is 2. The molecule has 1 aliphatic rings. The van der Waals surface area contributed by atoms with Crippen LogP contribution < -0.4 is 20.1 Å². The molecule has 2 N–H and O–H groups in total. The smallest absolute Gasteiger partial charge is 0.273 e. The normalized spacial score (nSPS) is 18.7. The van der Waals surface area contributed by atoms with Crippen molar-refractivity contribution in [2.75, 3.05) is 13.7 Å². The number of methoxy groups -OCH3 is 1. The Bertz CT molecular complexity index is 804. The maximum atomic E-state index is 12.1. The number of carbonyl (C=O) groups excluding carboxylic acids is 2. The molecule has 1 aromatic heterocycles. The highest BCUT2D eigenvalue weighted by molar-refractivity contribution is 5.92. The number of hydrogen-bond donors (Lipinski definition) is 2. The zero-order valence-corrected chi connectivity index (χ0v) is 15.4. The van der Waals surface area contributed by atoms with Crippen LogP contribution in [0.4, 0.5) is 0 Å². The highest BCUT2D eigenvalue weighted by Crippen LogP contribution is 2.21. The summed E-state index contributed by atoms with van der Waals surface area (Å²) in [5, 5.41) is 9.58. The van der Waals surface area contributed by atoms with E-state index in [1.54, 1.807) is 44.4 Å². The van der Waals surface area contributed by atoms with Crippen molar-refractivity contribution in [1.29, 1.82) is 0 Å². The molecule has 0 aliphatic heterocycles. The average Bonchev–Trinajstić information content (AvgIpc) is 3.29. The van der Waals surface area contributed by atoms with Gasteiger partial charge in [0.05, 0.1) is 7.11 Å². The number of hydrogen-bond acceptors (Lipinski definition) is 6. The van der Waals surface area contributed by atoms with Crippen LogP contribution in [0.15, 0.2) is 34.9 Å². The molecule has 0 saturated heterocycles. The number of aryl methyl sites for hydroxylation is 1. The number of aromatic nitrogens is 1. The van der Waals surface area contributed by atoms with Crippen molar-refractivity contribution in [3.8, 4) is 11.5 Å². The molecule has 8 heteroatoms.